The molecule has 1 atom stereocenters. The van der Waals surface area contributed by atoms with E-state index < -0.39 is 5.92 Å². The molecule has 0 saturated heterocycles. The first-order chi connectivity index (χ1) is 16.0. The summed E-state index contributed by atoms with van der Waals surface area (Å²) in [7, 11) is 0. The maximum Gasteiger partial charge on any atom is 0.161 e. The quantitative estimate of drug-likeness (QED) is 0.422. The molecule has 2 heterocycles. The first-order valence-electron chi connectivity index (χ1n) is 11.2. The van der Waals surface area contributed by atoms with Gasteiger partial charge in [-0.1, -0.05) is 54.1 Å². The lowest BCUT2D eigenvalue weighted by molar-refractivity contribution is -0.116. The zero-order valence-electron chi connectivity index (χ0n) is 18.8. The lowest BCUT2D eigenvalue weighted by atomic mass is 9.75. The van der Waals surface area contributed by atoms with Crippen molar-refractivity contribution in [3.05, 3.63) is 104 Å². The van der Waals surface area contributed by atoms with Gasteiger partial charge in [-0.3, -0.25) is 15.1 Å². The number of aliphatic hydroxyl groups is 1. The minimum absolute atomic E-state index is 0.0573. The molecule has 0 radical (unpaired) electrons. The zero-order chi connectivity index (χ0) is 23.1. The molecule has 1 unspecified atom stereocenters. The highest BCUT2D eigenvalue weighted by molar-refractivity contribution is 7.10. The Morgan fingerprint density at radius 2 is 1.79 bits per heavy atom. The number of carbonyl (C=O) groups is 1. The van der Waals surface area contributed by atoms with Crippen LogP contribution in [0.2, 0.25) is 0 Å². The third-order valence-electron chi connectivity index (χ3n) is 6.52. The Balaban J connectivity index is 1.83. The van der Waals surface area contributed by atoms with Crippen LogP contribution in [0.5, 0.6) is 0 Å². The van der Waals surface area contributed by atoms with Crippen molar-refractivity contribution in [1.29, 1.82) is 5.41 Å². The van der Waals surface area contributed by atoms with Crippen LogP contribution in [0.15, 0.2) is 82.9 Å². The number of nitrogens with zero attached hydrogens (tertiary/aromatic N) is 1. The van der Waals surface area contributed by atoms with E-state index in [0.29, 0.717) is 17.6 Å². The summed E-state index contributed by atoms with van der Waals surface area (Å²) in [6.07, 6.45) is 2.00. The predicted octanol–water partition coefficient (Wildman–Crippen LogP) is 6.92. The largest absolute Gasteiger partial charge is 0.507 e. The SMILES string of the molecule is Cc1ccc(/C(O)=C2\C(=N)N(c3ccccc3C)C3=C(C(=O)CCC3)C2c2cccs2)cc1. The van der Waals surface area contributed by atoms with Gasteiger partial charge in [0, 0.05) is 28.1 Å². The van der Waals surface area contributed by atoms with Crippen LogP contribution in [0.4, 0.5) is 5.69 Å². The Bertz CT molecular complexity index is 1300. The molecule has 5 rings (SSSR count). The van der Waals surface area contributed by atoms with Crippen LogP contribution in [-0.4, -0.2) is 16.7 Å². The molecular weight excluding hydrogens is 428 g/mol. The Kier molecular flexibility index (Phi) is 5.51. The fraction of sp³-hybridized carbons (Fsp3) is 0.214. The predicted molar refractivity (Wildman–Crippen MR) is 135 cm³/mol. The summed E-state index contributed by atoms with van der Waals surface area (Å²) >= 11 is 1.56. The van der Waals surface area contributed by atoms with Gasteiger partial charge in [-0.2, -0.15) is 0 Å². The summed E-state index contributed by atoms with van der Waals surface area (Å²) in [5.41, 5.74) is 5.75. The lowest BCUT2D eigenvalue weighted by Gasteiger charge is -2.41. The molecule has 3 aromatic rings. The highest BCUT2D eigenvalue weighted by Crippen LogP contribution is 2.49. The lowest BCUT2D eigenvalue weighted by Crippen LogP contribution is -2.42. The second-order valence-corrected chi connectivity index (χ2v) is 9.66. The van der Waals surface area contributed by atoms with Crippen LogP contribution in [0.3, 0.4) is 0 Å². The molecule has 0 saturated carbocycles. The summed E-state index contributed by atoms with van der Waals surface area (Å²) < 4.78 is 0. The van der Waals surface area contributed by atoms with E-state index in [1.165, 1.54) is 0 Å². The number of aliphatic hydroxyl groups excluding tert-OH is 1. The van der Waals surface area contributed by atoms with Crippen LogP contribution in [-0.2, 0) is 4.79 Å². The van der Waals surface area contributed by atoms with Crippen molar-refractivity contribution in [2.75, 3.05) is 4.90 Å². The maximum atomic E-state index is 13.4. The number of carbonyl (C=O) groups excluding carboxylic acids is 1. The number of benzene rings is 2. The van der Waals surface area contributed by atoms with Gasteiger partial charge in [0.05, 0.1) is 17.2 Å². The van der Waals surface area contributed by atoms with E-state index in [1.807, 2.05) is 84.8 Å². The van der Waals surface area contributed by atoms with Crippen molar-refractivity contribution in [3.63, 3.8) is 0 Å². The third-order valence-corrected chi connectivity index (χ3v) is 7.46. The topological polar surface area (TPSA) is 64.4 Å². The molecule has 166 valence electrons. The van der Waals surface area contributed by atoms with Gasteiger partial charge >= 0.3 is 0 Å². The third kappa shape index (κ3) is 3.62. The van der Waals surface area contributed by atoms with Gasteiger partial charge in [0.1, 0.15) is 11.6 Å². The van der Waals surface area contributed by atoms with E-state index in [1.54, 1.807) is 11.3 Å². The summed E-state index contributed by atoms with van der Waals surface area (Å²) in [6.45, 7) is 4.02. The number of thiophene rings is 1. The summed E-state index contributed by atoms with van der Waals surface area (Å²) in [5, 5.41) is 22.9. The number of amidine groups is 1. The molecule has 2 aliphatic rings. The number of rotatable bonds is 3. The molecule has 4 nitrogen and oxygen atoms in total. The van der Waals surface area contributed by atoms with Gasteiger partial charge in [-0.05, 0) is 49.8 Å². The van der Waals surface area contributed by atoms with Crippen LogP contribution < -0.4 is 4.90 Å². The molecule has 2 N–H and O–H groups in total. The van der Waals surface area contributed by atoms with Crippen molar-refractivity contribution in [2.24, 2.45) is 0 Å². The van der Waals surface area contributed by atoms with Crippen molar-refractivity contribution >= 4 is 34.4 Å². The molecular formula is C28H26N2O2S. The first kappa shape index (κ1) is 21.4. The van der Waals surface area contributed by atoms with E-state index in [0.717, 1.165) is 45.8 Å². The Hall–Kier alpha value is -3.44. The number of para-hydroxylation sites is 1. The molecule has 1 aliphatic heterocycles. The van der Waals surface area contributed by atoms with Gasteiger partial charge in [0.25, 0.3) is 0 Å². The molecule has 0 fully saturated rings. The molecule has 33 heavy (non-hydrogen) atoms. The Morgan fingerprint density at radius 3 is 2.48 bits per heavy atom. The highest BCUT2D eigenvalue weighted by Gasteiger charge is 2.43. The van der Waals surface area contributed by atoms with E-state index >= 15 is 0 Å². The van der Waals surface area contributed by atoms with E-state index in [-0.39, 0.29) is 17.4 Å². The molecule has 2 aromatic carbocycles. The second kappa shape index (κ2) is 8.49. The number of Topliss-reactive ketones (excluding diaryl/α,β-unsaturated/α-hetero) is 1. The van der Waals surface area contributed by atoms with Crippen molar-refractivity contribution in [1.82, 2.24) is 0 Å². The fourth-order valence-corrected chi connectivity index (χ4v) is 5.72. The number of nitrogens with one attached hydrogen (secondary N) is 1. The Labute approximate surface area is 198 Å². The standard InChI is InChI=1S/C28H26N2O2S/c1-17-12-14-19(15-13-17)27(32)26-25(23-11-6-16-33-23)24-21(9-5-10-22(24)31)30(28(26)29)20-8-4-3-7-18(20)2/h3-4,6-8,11-16,25,29,32H,5,9-10H2,1-2H3/b27-26+,29-28?. The summed E-state index contributed by atoms with van der Waals surface area (Å²) in [4.78, 5) is 16.3. The molecule has 0 spiro atoms. The minimum atomic E-state index is -0.443. The van der Waals surface area contributed by atoms with Crippen molar-refractivity contribution in [2.45, 2.75) is 39.0 Å². The van der Waals surface area contributed by atoms with Crippen molar-refractivity contribution < 1.29 is 9.90 Å². The van der Waals surface area contributed by atoms with Crippen molar-refractivity contribution in [3.8, 4) is 0 Å². The highest BCUT2D eigenvalue weighted by atomic mass is 32.1. The number of ketones is 1. The number of aryl methyl sites for hydroxylation is 2. The number of hydrogen-bond donors (Lipinski definition) is 2. The molecule has 0 amide bonds. The maximum absolute atomic E-state index is 13.4. The van der Waals surface area contributed by atoms with Gasteiger partial charge in [0.2, 0.25) is 0 Å². The summed E-state index contributed by atoms with van der Waals surface area (Å²) in [6, 6.07) is 19.6. The van der Waals surface area contributed by atoms with Gasteiger partial charge in [-0.25, -0.2) is 0 Å². The number of allylic oxidation sites excluding steroid dienone is 2. The smallest absolute Gasteiger partial charge is 0.161 e. The second-order valence-electron chi connectivity index (χ2n) is 8.68. The fourth-order valence-electron chi connectivity index (χ4n) is 4.88. The minimum Gasteiger partial charge on any atom is -0.507 e. The van der Waals surface area contributed by atoms with E-state index in [4.69, 9.17) is 0 Å². The Morgan fingerprint density at radius 1 is 1.03 bits per heavy atom. The molecule has 1 aliphatic carbocycles. The van der Waals surface area contributed by atoms with Gasteiger partial charge in [0.15, 0.2) is 5.78 Å². The molecule has 1 aromatic heterocycles. The van der Waals surface area contributed by atoms with Crippen LogP contribution in [0, 0.1) is 19.3 Å². The molecule has 0 bridgehead atoms. The van der Waals surface area contributed by atoms with Crippen LogP contribution in [0.25, 0.3) is 5.76 Å². The average molecular weight is 455 g/mol. The van der Waals surface area contributed by atoms with E-state index in [2.05, 4.69) is 0 Å². The van der Waals surface area contributed by atoms with Gasteiger partial charge < -0.3 is 5.11 Å². The van der Waals surface area contributed by atoms with Crippen LogP contribution in [0.1, 0.15) is 46.7 Å². The summed E-state index contributed by atoms with van der Waals surface area (Å²) in [5.74, 6) is -0.0482. The van der Waals surface area contributed by atoms with Crippen LogP contribution >= 0.6 is 11.3 Å². The normalized spacial score (nSPS) is 20.2. The monoisotopic (exact) mass is 454 g/mol. The average Bonchev–Trinajstić information content (AvgIpc) is 3.34. The first-order valence-corrected chi connectivity index (χ1v) is 12.1. The number of anilines is 1. The molecule has 5 heteroatoms. The van der Waals surface area contributed by atoms with Gasteiger partial charge in [-0.15, -0.1) is 11.3 Å². The number of hydrogen-bond acceptors (Lipinski definition) is 4. The zero-order valence-corrected chi connectivity index (χ0v) is 19.6. The van der Waals surface area contributed by atoms with E-state index in [9.17, 15) is 15.3 Å².